The van der Waals surface area contributed by atoms with Crippen molar-refractivity contribution in [3.8, 4) is 0 Å². The fourth-order valence-electron chi connectivity index (χ4n) is 3.83. The molecule has 2 unspecified atom stereocenters. The van der Waals surface area contributed by atoms with E-state index in [1.807, 2.05) is 0 Å². The second-order valence-electron chi connectivity index (χ2n) is 6.98. The molecule has 2 aromatic heterocycles. The molecule has 2 aliphatic rings. The Balaban J connectivity index is 1.75. The van der Waals surface area contributed by atoms with E-state index in [1.54, 1.807) is 4.57 Å². The Morgan fingerprint density at radius 3 is 2.65 bits per heavy atom. The van der Waals surface area contributed by atoms with Gasteiger partial charge in [-0.2, -0.15) is 12.6 Å². The number of thiol groups is 1. The maximum absolute atomic E-state index is 10.3. The van der Waals surface area contributed by atoms with Crippen LogP contribution in [0.5, 0.6) is 0 Å². The highest BCUT2D eigenvalue weighted by Gasteiger charge is 2.43. The molecule has 1 aliphatic heterocycles. The summed E-state index contributed by atoms with van der Waals surface area (Å²) < 4.78 is 7.29. The summed E-state index contributed by atoms with van der Waals surface area (Å²) in [4.78, 5) is 13.2. The van der Waals surface area contributed by atoms with Crippen LogP contribution in [0.2, 0.25) is 0 Å². The number of hydrogen-bond acceptors (Lipinski definition) is 9. The number of nitrogens with two attached hydrogens (primary N) is 1. The van der Waals surface area contributed by atoms with Gasteiger partial charge in [0.15, 0.2) is 17.7 Å². The molecular formula is C16H23N5O4S. The van der Waals surface area contributed by atoms with Crippen LogP contribution in [0.15, 0.2) is 6.33 Å². The zero-order valence-electron chi connectivity index (χ0n) is 14.1. The highest BCUT2D eigenvalue weighted by molar-refractivity contribution is 7.80. The molecule has 6 atom stereocenters. The summed E-state index contributed by atoms with van der Waals surface area (Å²) in [7, 11) is 0. The molecular weight excluding hydrogens is 358 g/mol. The van der Waals surface area contributed by atoms with Gasteiger partial charge in [0, 0.05) is 11.7 Å². The van der Waals surface area contributed by atoms with Gasteiger partial charge in [0.25, 0.3) is 0 Å². The van der Waals surface area contributed by atoms with Crippen molar-refractivity contribution in [2.75, 3.05) is 11.5 Å². The number of hydrogen-bond donors (Lipinski definition) is 5. The summed E-state index contributed by atoms with van der Waals surface area (Å²) in [6, 6.07) is 0. The SMILES string of the molecule is Nc1nc(C2CCCCC2O)nc2c1ncn2[C@@H]1O[C@H](CS)[C@@H](O)[C@H]1O. The highest BCUT2D eigenvalue weighted by Crippen LogP contribution is 2.35. The minimum Gasteiger partial charge on any atom is -0.392 e. The van der Waals surface area contributed by atoms with Crippen LogP contribution >= 0.6 is 12.6 Å². The summed E-state index contributed by atoms with van der Waals surface area (Å²) in [6.07, 6.45) is 0.854. The molecule has 0 amide bonds. The van der Waals surface area contributed by atoms with Crippen molar-refractivity contribution in [2.45, 2.75) is 62.2 Å². The first kappa shape index (κ1) is 17.9. The number of rotatable bonds is 3. The first-order valence-electron chi connectivity index (χ1n) is 8.81. The fraction of sp³-hybridized carbons (Fsp3) is 0.688. The Bertz CT molecular complexity index is 802. The van der Waals surface area contributed by atoms with Gasteiger partial charge in [-0.3, -0.25) is 4.57 Å². The van der Waals surface area contributed by atoms with Gasteiger partial charge in [0.05, 0.1) is 18.5 Å². The summed E-state index contributed by atoms with van der Waals surface area (Å²) >= 11 is 4.14. The van der Waals surface area contributed by atoms with Gasteiger partial charge in [-0.15, -0.1) is 0 Å². The maximum atomic E-state index is 10.3. The second-order valence-corrected chi connectivity index (χ2v) is 7.34. The minimum absolute atomic E-state index is 0.177. The fourth-order valence-corrected chi connectivity index (χ4v) is 4.13. The molecule has 2 aromatic rings. The quantitative estimate of drug-likeness (QED) is 0.467. The predicted molar refractivity (Wildman–Crippen MR) is 96.7 cm³/mol. The van der Waals surface area contributed by atoms with Crippen molar-refractivity contribution in [2.24, 2.45) is 0 Å². The Morgan fingerprint density at radius 1 is 1.19 bits per heavy atom. The van der Waals surface area contributed by atoms with E-state index in [0.29, 0.717) is 23.4 Å². The molecule has 142 valence electrons. The molecule has 0 bridgehead atoms. The van der Waals surface area contributed by atoms with Gasteiger partial charge >= 0.3 is 0 Å². The first-order chi connectivity index (χ1) is 12.5. The molecule has 0 radical (unpaired) electrons. The Kier molecular flexibility index (Phi) is 4.78. The van der Waals surface area contributed by atoms with Crippen LogP contribution in [0, 0.1) is 0 Å². The molecule has 5 N–H and O–H groups in total. The van der Waals surface area contributed by atoms with Crippen molar-refractivity contribution < 1.29 is 20.1 Å². The Labute approximate surface area is 155 Å². The average molecular weight is 381 g/mol. The van der Waals surface area contributed by atoms with E-state index in [0.717, 1.165) is 19.3 Å². The number of fused-ring (bicyclic) bond motifs is 1. The standard InChI is InChI=1S/C16H23N5O4S/c17-13-10-15(20-14(19-13)7-3-1-2-4-8(7)22)21(6-18-10)16-12(24)11(23)9(5-26)25-16/h6-9,11-12,16,22-24,26H,1-5H2,(H2,17,19,20)/t7?,8?,9-,11-,12-,16-/m1/s1. The van der Waals surface area contributed by atoms with Crippen molar-refractivity contribution in [3.05, 3.63) is 12.2 Å². The minimum atomic E-state index is -1.13. The van der Waals surface area contributed by atoms with Gasteiger partial charge in [-0.25, -0.2) is 15.0 Å². The van der Waals surface area contributed by atoms with Crippen LogP contribution in [0.3, 0.4) is 0 Å². The highest BCUT2D eigenvalue weighted by atomic mass is 32.1. The summed E-state index contributed by atoms with van der Waals surface area (Å²) in [5.74, 6) is 0.796. The van der Waals surface area contributed by atoms with E-state index in [9.17, 15) is 15.3 Å². The number of nitrogen functional groups attached to an aromatic ring is 1. The molecule has 1 saturated heterocycles. The molecule has 10 heteroatoms. The lowest BCUT2D eigenvalue weighted by Crippen LogP contribution is -2.32. The van der Waals surface area contributed by atoms with Crippen molar-refractivity contribution in [1.29, 1.82) is 0 Å². The van der Waals surface area contributed by atoms with Crippen LogP contribution in [0.25, 0.3) is 11.2 Å². The zero-order valence-corrected chi connectivity index (χ0v) is 15.0. The van der Waals surface area contributed by atoms with Gasteiger partial charge in [0.2, 0.25) is 0 Å². The lowest BCUT2D eigenvalue weighted by molar-refractivity contribution is -0.0288. The maximum Gasteiger partial charge on any atom is 0.167 e. The molecule has 26 heavy (non-hydrogen) atoms. The van der Waals surface area contributed by atoms with E-state index in [-0.39, 0.29) is 17.5 Å². The van der Waals surface area contributed by atoms with Crippen molar-refractivity contribution in [1.82, 2.24) is 19.5 Å². The third-order valence-corrected chi connectivity index (χ3v) is 5.68. The zero-order chi connectivity index (χ0) is 18.4. The molecule has 0 spiro atoms. The van der Waals surface area contributed by atoms with E-state index in [4.69, 9.17) is 10.5 Å². The van der Waals surface area contributed by atoms with E-state index in [2.05, 4.69) is 27.6 Å². The molecule has 9 nitrogen and oxygen atoms in total. The number of aliphatic hydroxyl groups excluding tert-OH is 3. The Hall–Kier alpha value is -1.46. The number of ether oxygens (including phenoxy) is 1. The van der Waals surface area contributed by atoms with E-state index >= 15 is 0 Å². The number of anilines is 1. The summed E-state index contributed by atoms with van der Waals surface area (Å²) in [5, 5.41) is 30.8. The molecule has 2 fully saturated rings. The van der Waals surface area contributed by atoms with Gasteiger partial charge < -0.3 is 25.8 Å². The van der Waals surface area contributed by atoms with Crippen LogP contribution in [0.1, 0.15) is 43.7 Å². The van der Waals surface area contributed by atoms with Crippen LogP contribution in [-0.4, -0.2) is 65.0 Å². The molecule has 0 aromatic carbocycles. The van der Waals surface area contributed by atoms with Crippen LogP contribution < -0.4 is 5.73 Å². The smallest absolute Gasteiger partial charge is 0.167 e. The largest absolute Gasteiger partial charge is 0.392 e. The summed E-state index contributed by atoms with van der Waals surface area (Å²) in [5.41, 5.74) is 6.88. The predicted octanol–water partition coefficient (Wildman–Crippen LogP) is -0.0240. The number of aliphatic hydroxyl groups is 3. The lowest BCUT2D eigenvalue weighted by atomic mass is 9.86. The molecule has 1 aliphatic carbocycles. The molecule has 4 rings (SSSR count). The van der Waals surface area contributed by atoms with Crippen molar-refractivity contribution in [3.63, 3.8) is 0 Å². The van der Waals surface area contributed by atoms with Gasteiger partial charge in [-0.1, -0.05) is 12.8 Å². The van der Waals surface area contributed by atoms with Crippen LogP contribution in [0.4, 0.5) is 5.82 Å². The first-order valence-corrected chi connectivity index (χ1v) is 9.45. The second kappa shape index (κ2) is 6.93. The molecule has 3 heterocycles. The van der Waals surface area contributed by atoms with E-state index < -0.39 is 30.6 Å². The number of imidazole rings is 1. The Morgan fingerprint density at radius 2 is 1.96 bits per heavy atom. The lowest BCUT2D eigenvalue weighted by Gasteiger charge is -2.26. The normalized spacial score (nSPS) is 35.2. The van der Waals surface area contributed by atoms with E-state index in [1.165, 1.54) is 6.33 Å². The van der Waals surface area contributed by atoms with Crippen molar-refractivity contribution >= 4 is 29.6 Å². The monoisotopic (exact) mass is 381 g/mol. The molecule has 1 saturated carbocycles. The van der Waals surface area contributed by atoms with Gasteiger partial charge in [0.1, 0.15) is 23.5 Å². The summed E-state index contributed by atoms with van der Waals surface area (Å²) in [6.45, 7) is 0. The average Bonchev–Trinajstić information content (AvgIpc) is 3.17. The third-order valence-electron chi connectivity index (χ3n) is 5.32. The number of aromatic nitrogens is 4. The topological polar surface area (TPSA) is 140 Å². The third kappa shape index (κ3) is 2.85. The van der Waals surface area contributed by atoms with Crippen LogP contribution in [-0.2, 0) is 4.74 Å². The van der Waals surface area contributed by atoms with Gasteiger partial charge in [-0.05, 0) is 12.8 Å². The number of nitrogens with zero attached hydrogens (tertiary/aromatic N) is 4.